The molecule has 230 valence electrons. The first-order chi connectivity index (χ1) is 20.8. The van der Waals surface area contributed by atoms with Crippen LogP contribution in [0.15, 0.2) is 114 Å². The smallest absolute Gasteiger partial charge is 0.264 e. The van der Waals surface area contributed by atoms with Crippen molar-refractivity contribution in [2.45, 2.75) is 64.1 Å². The highest BCUT2D eigenvalue weighted by atomic mass is 32.2. The molecule has 44 heavy (non-hydrogen) atoms. The van der Waals surface area contributed by atoms with Crippen molar-refractivity contribution in [1.82, 2.24) is 10.2 Å². The lowest BCUT2D eigenvalue weighted by atomic mass is 10.0. The van der Waals surface area contributed by atoms with Crippen LogP contribution in [0.25, 0.3) is 0 Å². The van der Waals surface area contributed by atoms with E-state index in [0.717, 1.165) is 22.3 Å². The van der Waals surface area contributed by atoms with Gasteiger partial charge in [-0.25, -0.2) is 8.42 Å². The van der Waals surface area contributed by atoms with Crippen molar-refractivity contribution < 1.29 is 18.0 Å². The van der Waals surface area contributed by atoms with Gasteiger partial charge in [0.1, 0.15) is 12.6 Å². The van der Waals surface area contributed by atoms with E-state index in [1.165, 1.54) is 21.3 Å². The molecule has 7 nitrogen and oxygen atoms in total. The Labute approximate surface area is 261 Å². The second-order valence-electron chi connectivity index (χ2n) is 12.1. The molecule has 2 amide bonds. The van der Waals surface area contributed by atoms with Crippen molar-refractivity contribution in [2.75, 3.05) is 10.8 Å². The van der Waals surface area contributed by atoms with E-state index >= 15 is 0 Å². The predicted octanol–water partition coefficient (Wildman–Crippen LogP) is 6.05. The highest BCUT2D eigenvalue weighted by molar-refractivity contribution is 7.92. The summed E-state index contributed by atoms with van der Waals surface area (Å²) in [5.41, 5.74) is 3.27. The van der Waals surface area contributed by atoms with E-state index in [1.807, 2.05) is 107 Å². The molecule has 1 unspecified atom stereocenters. The number of amides is 2. The summed E-state index contributed by atoms with van der Waals surface area (Å²) in [4.78, 5) is 30.0. The Bertz CT molecular complexity index is 1670. The Morgan fingerprint density at radius 2 is 1.32 bits per heavy atom. The fourth-order valence-electron chi connectivity index (χ4n) is 5.11. The van der Waals surface area contributed by atoms with Crippen LogP contribution < -0.4 is 9.62 Å². The molecule has 4 aromatic rings. The average molecular weight is 612 g/mol. The molecule has 0 bridgehead atoms. The summed E-state index contributed by atoms with van der Waals surface area (Å²) in [7, 11) is -4.14. The van der Waals surface area contributed by atoms with Gasteiger partial charge >= 0.3 is 0 Å². The van der Waals surface area contributed by atoms with Gasteiger partial charge in [-0.15, -0.1) is 0 Å². The first-order valence-corrected chi connectivity index (χ1v) is 16.1. The number of nitrogens with zero attached hydrogens (tertiary/aromatic N) is 2. The van der Waals surface area contributed by atoms with Crippen molar-refractivity contribution in [3.05, 3.63) is 131 Å². The maximum atomic E-state index is 14.5. The lowest BCUT2D eigenvalue weighted by Gasteiger charge is -2.35. The Hall–Kier alpha value is -4.43. The minimum atomic E-state index is -4.14. The van der Waals surface area contributed by atoms with Crippen LogP contribution in [0.1, 0.15) is 43.0 Å². The molecule has 0 spiro atoms. The minimum absolute atomic E-state index is 0.0775. The summed E-state index contributed by atoms with van der Waals surface area (Å²) < 4.78 is 29.5. The molecule has 0 aliphatic carbocycles. The van der Waals surface area contributed by atoms with E-state index in [0.29, 0.717) is 5.69 Å². The number of nitrogens with one attached hydrogen (secondary N) is 1. The van der Waals surface area contributed by atoms with Crippen LogP contribution in [0, 0.1) is 13.8 Å². The molecular formula is C36H41N3O4S. The van der Waals surface area contributed by atoms with Gasteiger partial charge < -0.3 is 10.2 Å². The standard InChI is InChI=1S/C36H41N3O4S/c1-27-21-22-32(28(2)23-27)39(44(42,43)31-19-13-8-14-20-31)26-34(40)38(25-30-17-11-7-12-18-30)33(35(41)37-36(3,4)5)24-29-15-9-6-10-16-29/h6-23,33H,24-26H2,1-5H3,(H,37,41). The largest absolute Gasteiger partial charge is 0.350 e. The first kappa shape index (κ1) is 32.5. The summed E-state index contributed by atoms with van der Waals surface area (Å²) in [6.45, 7) is 9.08. The van der Waals surface area contributed by atoms with E-state index in [-0.39, 0.29) is 23.8 Å². The Morgan fingerprint density at radius 1 is 0.773 bits per heavy atom. The third-order valence-electron chi connectivity index (χ3n) is 7.20. The number of sulfonamides is 1. The lowest BCUT2D eigenvalue weighted by Crippen LogP contribution is -2.56. The summed E-state index contributed by atoms with van der Waals surface area (Å²) in [5, 5.41) is 3.05. The number of hydrogen-bond acceptors (Lipinski definition) is 4. The van der Waals surface area contributed by atoms with Gasteiger partial charge in [0, 0.05) is 18.5 Å². The SMILES string of the molecule is Cc1ccc(N(CC(=O)N(Cc2ccccc2)C(Cc2ccccc2)C(=O)NC(C)(C)C)S(=O)(=O)c2ccccc2)c(C)c1. The molecule has 0 aliphatic heterocycles. The molecule has 0 heterocycles. The van der Waals surface area contributed by atoms with Gasteiger partial charge in [0.15, 0.2) is 0 Å². The molecular weight excluding hydrogens is 570 g/mol. The third kappa shape index (κ3) is 8.35. The Morgan fingerprint density at radius 3 is 1.86 bits per heavy atom. The number of carbonyl (C=O) groups is 2. The Balaban J connectivity index is 1.82. The highest BCUT2D eigenvalue weighted by Gasteiger charge is 2.36. The Kier molecular flexibility index (Phi) is 10.3. The van der Waals surface area contributed by atoms with Crippen molar-refractivity contribution in [3.63, 3.8) is 0 Å². The number of aryl methyl sites for hydroxylation is 2. The van der Waals surface area contributed by atoms with Gasteiger partial charge in [0.25, 0.3) is 10.0 Å². The van der Waals surface area contributed by atoms with Gasteiger partial charge in [-0.3, -0.25) is 13.9 Å². The molecule has 0 fully saturated rings. The van der Waals surface area contributed by atoms with E-state index in [1.54, 1.807) is 24.3 Å². The summed E-state index contributed by atoms with van der Waals surface area (Å²) in [5.74, 6) is -0.798. The molecule has 1 N–H and O–H groups in total. The third-order valence-corrected chi connectivity index (χ3v) is 8.97. The number of rotatable bonds is 11. The van der Waals surface area contributed by atoms with Gasteiger partial charge in [-0.1, -0.05) is 96.6 Å². The molecule has 0 aromatic heterocycles. The fraction of sp³-hybridized carbons (Fsp3) is 0.278. The molecule has 1 atom stereocenters. The molecule has 4 rings (SSSR count). The van der Waals surface area contributed by atoms with E-state index < -0.39 is 34.1 Å². The second-order valence-corrected chi connectivity index (χ2v) is 13.9. The molecule has 0 saturated heterocycles. The van der Waals surface area contributed by atoms with Crippen LogP contribution in [-0.4, -0.2) is 43.3 Å². The summed E-state index contributed by atoms with van der Waals surface area (Å²) in [6, 6.07) is 31.6. The van der Waals surface area contributed by atoms with Crippen molar-refractivity contribution in [2.24, 2.45) is 0 Å². The zero-order valence-electron chi connectivity index (χ0n) is 26.0. The maximum Gasteiger partial charge on any atom is 0.264 e. The van der Waals surface area contributed by atoms with E-state index in [9.17, 15) is 18.0 Å². The number of hydrogen-bond donors (Lipinski definition) is 1. The first-order valence-electron chi connectivity index (χ1n) is 14.7. The minimum Gasteiger partial charge on any atom is -0.350 e. The normalized spacial score (nSPS) is 12.3. The number of benzene rings is 4. The monoisotopic (exact) mass is 611 g/mol. The lowest BCUT2D eigenvalue weighted by molar-refractivity contribution is -0.140. The molecule has 0 radical (unpaired) electrons. The summed E-state index contributed by atoms with van der Waals surface area (Å²) in [6.07, 6.45) is 0.260. The topological polar surface area (TPSA) is 86.8 Å². The molecule has 0 aliphatic rings. The number of anilines is 1. The van der Waals surface area contributed by atoms with E-state index in [4.69, 9.17) is 0 Å². The van der Waals surface area contributed by atoms with Crippen LogP contribution in [-0.2, 0) is 32.6 Å². The highest BCUT2D eigenvalue weighted by Crippen LogP contribution is 2.28. The molecule has 0 saturated carbocycles. The molecule has 8 heteroatoms. The van der Waals surface area contributed by atoms with E-state index in [2.05, 4.69) is 5.32 Å². The fourth-order valence-corrected chi connectivity index (χ4v) is 6.60. The van der Waals surface area contributed by atoms with Crippen LogP contribution in [0.3, 0.4) is 0 Å². The predicted molar refractivity (Wildman–Crippen MR) is 176 cm³/mol. The van der Waals surface area contributed by atoms with Crippen LogP contribution in [0.2, 0.25) is 0 Å². The summed E-state index contributed by atoms with van der Waals surface area (Å²) >= 11 is 0. The van der Waals surface area contributed by atoms with Gasteiger partial charge in [0.2, 0.25) is 11.8 Å². The maximum absolute atomic E-state index is 14.5. The molecule has 4 aromatic carbocycles. The second kappa shape index (κ2) is 13.9. The van der Waals surface area contributed by atoms with Crippen molar-refractivity contribution in [3.8, 4) is 0 Å². The quantitative estimate of drug-likeness (QED) is 0.224. The van der Waals surface area contributed by atoms with Crippen molar-refractivity contribution >= 4 is 27.5 Å². The number of carbonyl (C=O) groups excluding carboxylic acids is 2. The van der Waals surface area contributed by atoms with Crippen LogP contribution in [0.4, 0.5) is 5.69 Å². The van der Waals surface area contributed by atoms with Crippen molar-refractivity contribution in [1.29, 1.82) is 0 Å². The van der Waals surface area contributed by atoms with Gasteiger partial charge in [0.05, 0.1) is 10.6 Å². The van der Waals surface area contributed by atoms with Gasteiger partial charge in [-0.05, 0) is 69.5 Å². The van der Waals surface area contributed by atoms with Gasteiger partial charge in [-0.2, -0.15) is 0 Å². The van der Waals surface area contributed by atoms with Crippen LogP contribution >= 0.6 is 0 Å². The average Bonchev–Trinajstić information content (AvgIpc) is 2.98. The zero-order valence-corrected chi connectivity index (χ0v) is 26.8. The zero-order chi connectivity index (χ0) is 31.9. The van der Waals surface area contributed by atoms with Crippen LogP contribution in [0.5, 0.6) is 0 Å².